The Morgan fingerprint density at radius 2 is 2.36 bits per heavy atom. The molecular weight excluding hydrogens is 148 g/mol. The van der Waals surface area contributed by atoms with E-state index in [9.17, 15) is 9.90 Å². The highest BCUT2D eigenvalue weighted by atomic mass is 16.7. The highest BCUT2D eigenvalue weighted by Crippen LogP contribution is 2.14. The van der Waals surface area contributed by atoms with E-state index in [-0.39, 0.29) is 0 Å². The topological polar surface area (TPSA) is 66.8 Å². The first-order valence-electron chi connectivity index (χ1n) is 3.44. The number of hydrogen-bond donors (Lipinski definition) is 2. The highest BCUT2D eigenvalue weighted by molar-refractivity contribution is 5.57. The Morgan fingerprint density at radius 1 is 1.64 bits per heavy atom. The molecule has 2 atom stereocenters. The smallest absolute Gasteiger partial charge is 0.450 e. The van der Waals surface area contributed by atoms with Gasteiger partial charge < -0.3 is 14.9 Å². The Kier molecular flexibility index (Phi) is 2.48. The Labute approximate surface area is 64.1 Å². The molecule has 0 saturated carbocycles. The highest BCUT2D eigenvalue weighted by Gasteiger charge is 2.22. The summed E-state index contributed by atoms with van der Waals surface area (Å²) in [7, 11) is 0. The van der Waals surface area contributed by atoms with Crippen molar-refractivity contribution in [3.05, 3.63) is 12.2 Å². The first kappa shape index (κ1) is 8.07. The lowest BCUT2D eigenvalue weighted by Gasteiger charge is -2.21. The number of hydrogen-bond acceptors (Lipinski definition) is 3. The van der Waals surface area contributed by atoms with Gasteiger partial charge >= 0.3 is 6.16 Å². The fourth-order valence-electron chi connectivity index (χ4n) is 1.02. The normalized spacial score (nSPS) is 29.9. The maximum atomic E-state index is 10.0. The molecule has 4 nitrogen and oxygen atoms in total. The predicted octanol–water partition coefficient (Wildman–Crippen LogP) is 0.760. The molecule has 0 spiro atoms. The monoisotopic (exact) mass is 158 g/mol. The van der Waals surface area contributed by atoms with Crippen LogP contribution in [0.5, 0.6) is 0 Å². The second-order valence-electron chi connectivity index (χ2n) is 2.42. The van der Waals surface area contributed by atoms with Crippen LogP contribution in [0, 0.1) is 0 Å². The maximum absolute atomic E-state index is 10.0. The number of allylic oxidation sites excluding steroid dienone is 1. The van der Waals surface area contributed by atoms with Crippen molar-refractivity contribution in [3.63, 3.8) is 0 Å². The van der Waals surface area contributed by atoms with Crippen molar-refractivity contribution in [1.82, 2.24) is 0 Å². The molecule has 0 aromatic carbocycles. The molecule has 62 valence electrons. The molecule has 0 saturated heterocycles. The molecule has 0 bridgehead atoms. The molecule has 0 heterocycles. The van der Waals surface area contributed by atoms with Gasteiger partial charge in [-0.25, -0.2) is 4.79 Å². The average molecular weight is 158 g/mol. The SMILES string of the molecule is O=C(O)OC1C=CCCC1O. The third-order valence-corrected chi connectivity index (χ3v) is 1.57. The van der Waals surface area contributed by atoms with Crippen molar-refractivity contribution < 1.29 is 19.7 Å². The largest absolute Gasteiger partial charge is 0.506 e. The van der Waals surface area contributed by atoms with Gasteiger partial charge in [-0.1, -0.05) is 6.08 Å². The third-order valence-electron chi connectivity index (χ3n) is 1.57. The van der Waals surface area contributed by atoms with Gasteiger partial charge in [0.15, 0.2) is 0 Å². The van der Waals surface area contributed by atoms with Crippen molar-refractivity contribution >= 4 is 6.16 Å². The van der Waals surface area contributed by atoms with Gasteiger partial charge in [-0.2, -0.15) is 0 Å². The fourth-order valence-corrected chi connectivity index (χ4v) is 1.02. The van der Waals surface area contributed by atoms with Crippen LogP contribution < -0.4 is 0 Å². The van der Waals surface area contributed by atoms with Gasteiger partial charge in [0, 0.05) is 0 Å². The Hall–Kier alpha value is -1.03. The predicted molar refractivity (Wildman–Crippen MR) is 37.3 cm³/mol. The molecule has 11 heavy (non-hydrogen) atoms. The molecular formula is C7H10O4. The standard InChI is InChI=1S/C7H10O4/c8-5-3-1-2-4-6(5)11-7(9)10/h2,4-6,8H,1,3H2,(H,9,10). The molecule has 0 aromatic heterocycles. The minimum Gasteiger partial charge on any atom is -0.450 e. The van der Waals surface area contributed by atoms with Crippen LogP contribution in [0.3, 0.4) is 0 Å². The van der Waals surface area contributed by atoms with Crippen LogP contribution in [0.2, 0.25) is 0 Å². The van der Waals surface area contributed by atoms with E-state index in [4.69, 9.17) is 5.11 Å². The van der Waals surface area contributed by atoms with E-state index in [1.165, 1.54) is 0 Å². The van der Waals surface area contributed by atoms with Gasteiger partial charge in [0.2, 0.25) is 0 Å². The molecule has 2 N–H and O–H groups in total. The summed E-state index contributed by atoms with van der Waals surface area (Å²) in [5.74, 6) is 0. The van der Waals surface area contributed by atoms with E-state index in [0.29, 0.717) is 6.42 Å². The summed E-state index contributed by atoms with van der Waals surface area (Å²) in [4.78, 5) is 10.0. The summed E-state index contributed by atoms with van der Waals surface area (Å²) in [5, 5.41) is 17.4. The van der Waals surface area contributed by atoms with E-state index in [1.807, 2.05) is 0 Å². The van der Waals surface area contributed by atoms with Gasteiger partial charge in [-0.15, -0.1) is 0 Å². The lowest BCUT2D eigenvalue weighted by Crippen LogP contribution is -2.30. The number of carbonyl (C=O) groups is 1. The minimum atomic E-state index is -1.35. The lowest BCUT2D eigenvalue weighted by atomic mass is 10.0. The number of aliphatic hydroxyl groups is 1. The lowest BCUT2D eigenvalue weighted by molar-refractivity contribution is -0.00197. The number of ether oxygens (including phenoxy) is 1. The van der Waals surface area contributed by atoms with Crippen LogP contribution in [-0.4, -0.2) is 28.6 Å². The van der Waals surface area contributed by atoms with Gasteiger partial charge in [-0.05, 0) is 18.9 Å². The summed E-state index contributed by atoms with van der Waals surface area (Å²) in [5.41, 5.74) is 0. The van der Waals surface area contributed by atoms with E-state index >= 15 is 0 Å². The van der Waals surface area contributed by atoms with Crippen molar-refractivity contribution in [2.45, 2.75) is 25.0 Å². The molecule has 0 amide bonds. The third kappa shape index (κ3) is 2.23. The van der Waals surface area contributed by atoms with E-state index in [0.717, 1.165) is 6.42 Å². The van der Waals surface area contributed by atoms with Crippen LogP contribution in [-0.2, 0) is 4.74 Å². The van der Waals surface area contributed by atoms with E-state index in [1.54, 1.807) is 12.2 Å². The molecule has 1 aliphatic rings. The number of carboxylic acid groups (broad SMARTS) is 1. The molecule has 1 aliphatic carbocycles. The van der Waals surface area contributed by atoms with Gasteiger partial charge in [0.05, 0.1) is 6.10 Å². The van der Waals surface area contributed by atoms with Crippen LogP contribution >= 0.6 is 0 Å². The molecule has 0 fully saturated rings. The van der Waals surface area contributed by atoms with Crippen LogP contribution in [0.15, 0.2) is 12.2 Å². The maximum Gasteiger partial charge on any atom is 0.506 e. The average Bonchev–Trinajstić information content (AvgIpc) is 1.93. The Bertz CT molecular complexity index is 175. The summed E-state index contributed by atoms with van der Waals surface area (Å²) >= 11 is 0. The minimum absolute atomic E-state index is 0.564. The quantitative estimate of drug-likeness (QED) is 0.436. The molecule has 4 heteroatoms. The van der Waals surface area contributed by atoms with E-state index in [2.05, 4.69) is 4.74 Å². The first-order chi connectivity index (χ1) is 5.20. The van der Waals surface area contributed by atoms with Crippen LogP contribution in [0.4, 0.5) is 4.79 Å². The van der Waals surface area contributed by atoms with Gasteiger partial charge in [0.1, 0.15) is 6.10 Å². The summed E-state index contributed by atoms with van der Waals surface area (Å²) in [6.07, 6.45) is 2.01. The fraction of sp³-hybridized carbons (Fsp3) is 0.571. The Morgan fingerprint density at radius 3 is 2.91 bits per heavy atom. The van der Waals surface area contributed by atoms with Crippen LogP contribution in [0.1, 0.15) is 12.8 Å². The van der Waals surface area contributed by atoms with Crippen molar-refractivity contribution in [2.75, 3.05) is 0 Å². The number of rotatable bonds is 1. The van der Waals surface area contributed by atoms with Crippen LogP contribution in [0.25, 0.3) is 0 Å². The zero-order valence-corrected chi connectivity index (χ0v) is 5.93. The van der Waals surface area contributed by atoms with Crippen molar-refractivity contribution in [3.8, 4) is 0 Å². The first-order valence-corrected chi connectivity index (χ1v) is 3.44. The molecule has 0 aromatic rings. The molecule has 1 rings (SSSR count). The molecule has 0 aliphatic heterocycles. The van der Waals surface area contributed by atoms with E-state index < -0.39 is 18.4 Å². The summed E-state index contributed by atoms with van der Waals surface area (Å²) in [6, 6.07) is 0. The molecule has 2 unspecified atom stereocenters. The summed E-state index contributed by atoms with van der Waals surface area (Å²) in [6.45, 7) is 0. The van der Waals surface area contributed by atoms with Gasteiger partial charge in [-0.3, -0.25) is 0 Å². The molecule has 0 radical (unpaired) electrons. The zero-order valence-electron chi connectivity index (χ0n) is 5.93. The Balaban J connectivity index is 2.48. The zero-order chi connectivity index (χ0) is 8.27. The van der Waals surface area contributed by atoms with Crippen molar-refractivity contribution in [2.24, 2.45) is 0 Å². The second kappa shape index (κ2) is 3.39. The van der Waals surface area contributed by atoms with Crippen molar-refractivity contribution in [1.29, 1.82) is 0 Å². The van der Waals surface area contributed by atoms with Gasteiger partial charge in [0.25, 0.3) is 0 Å². The summed E-state index contributed by atoms with van der Waals surface area (Å²) < 4.78 is 4.38. The number of aliphatic hydroxyl groups excluding tert-OH is 1. The second-order valence-corrected chi connectivity index (χ2v) is 2.42.